The monoisotopic (exact) mass is 359 g/mol. The van der Waals surface area contributed by atoms with E-state index in [4.69, 9.17) is 17.4 Å². The number of benzene rings is 2. The van der Waals surface area contributed by atoms with Crippen molar-refractivity contribution < 1.29 is 9.90 Å². The number of nitrogen functional groups attached to an aromatic ring is 1. The third kappa shape index (κ3) is 3.52. The van der Waals surface area contributed by atoms with Gasteiger partial charge in [-0.2, -0.15) is 0 Å². The van der Waals surface area contributed by atoms with Crippen LogP contribution >= 0.6 is 23.4 Å². The highest BCUT2D eigenvalue weighted by atomic mass is 35.5. The Morgan fingerprint density at radius 2 is 1.79 bits per heavy atom. The molecule has 8 heteroatoms. The van der Waals surface area contributed by atoms with E-state index >= 15 is 0 Å². The van der Waals surface area contributed by atoms with Crippen molar-refractivity contribution in [2.45, 2.75) is 10.9 Å². The van der Waals surface area contributed by atoms with E-state index in [9.17, 15) is 9.90 Å². The number of carboxylic acids is 1. The van der Waals surface area contributed by atoms with Gasteiger partial charge in [0.25, 0.3) is 0 Å². The number of carbonyl (C=O) groups is 1. The summed E-state index contributed by atoms with van der Waals surface area (Å²) in [6.45, 7) is 0. The standard InChI is InChI=1S/C16H13ClN4O2S/c17-13-7-5-11(6-8-13)14-19-20-16(21(14)18)24-9-10-1-3-12(4-2-10)15(22)23/h1-8H,9,18H2,(H,22,23)/p-1. The number of nitrogens with zero attached hydrogens (tertiary/aromatic N) is 3. The lowest BCUT2D eigenvalue weighted by Gasteiger charge is -2.05. The van der Waals surface area contributed by atoms with Crippen molar-refractivity contribution in [3.05, 3.63) is 64.7 Å². The molecule has 0 fully saturated rings. The molecular formula is C16H12ClN4O2S-. The predicted molar refractivity (Wildman–Crippen MR) is 91.0 cm³/mol. The second-order valence-corrected chi connectivity index (χ2v) is 6.34. The number of nitrogens with two attached hydrogens (primary N) is 1. The van der Waals surface area contributed by atoms with Crippen LogP contribution in [-0.4, -0.2) is 20.8 Å². The quantitative estimate of drug-likeness (QED) is 0.552. The van der Waals surface area contributed by atoms with Crippen LogP contribution in [0.25, 0.3) is 11.4 Å². The maximum absolute atomic E-state index is 10.7. The van der Waals surface area contributed by atoms with E-state index in [1.807, 2.05) is 12.1 Å². The van der Waals surface area contributed by atoms with E-state index in [0.29, 0.717) is 21.8 Å². The number of hydrogen-bond donors (Lipinski definition) is 1. The first kappa shape index (κ1) is 16.4. The van der Waals surface area contributed by atoms with E-state index in [-0.39, 0.29) is 5.56 Å². The van der Waals surface area contributed by atoms with Gasteiger partial charge in [0.1, 0.15) is 0 Å². The van der Waals surface area contributed by atoms with Gasteiger partial charge in [-0.25, -0.2) is 4.68 Å². The fraction of sp³-hybridized carbons (Fsp3) is 0.0625. The number of carboxylic acid groups (broad SMARTS) is 1. The Kier molecular flexibility index (Phi) is 4.73. The summed E-state index contributed by atoms with van der Waals surface area (Å²) < 4.78 is 1.42. The number of thioether (sulfide) groups is 1. The van der Waals surface area contributed by atoms with Crippen molar-refractivity contribution in [2.24, 2.45) is 0 Å². The molecule has 3 aromatic rings. The Hall–Kier alpha value is -2.51. The lowest BCUT2D eigenvalue weighted by molar-refractivity contribution is -0.255. The molecule has 0 saturated heterocycles. The molecule has 2 aromatic carbocycles. The zero-order chi connectivity index (χ0) is 17.1. The summed E-state index contributed by atoms with van der Waals surface area (Å²) in [5, 5.41) is 20.1. The molecule has 122 valence electrons. The van der Waals surface area contributed by atoms with E-state index in [2.05, 4.69) is 10.2 Å². The second-order valence-electron chi connectivity index (χ2n) is 4.96. The Labute approximate surface area is 147 Å². The van der Waals surface area contributed by atoms with Gasteiger partial charge in [0.05, 0.1) is 5.97 Å². The number of halogens is 1. The average Bonchev–Trinajstić information content (AvgIpc) is 2.95. The van der Waals surface area contributed by atoms with Crippen LogP contribution in [-0.2, 0) is 5.75 Å². The van der Waals surface area contributed by atoms with Crippen molar-refractivity contribution in [3.8, 4) is 11.4 Å². The van der Waals surface area contributed by atoms with E-state index in [0.717, 1.165) is 11.1 Å². The number of aromatic carboxylic acids is 1. The van der Waals surface area contributed by atoms with E-state index < -0.39 is 5.97 Å². The van der Waals surface area contributed by atoms with Crippen LogP contribution in [0.2, 0.25) is 5.02 Å². The highest BCUT2D eigenvalue weighted by Gasteiger charge is 2.12. The molecule has 0 saturated carbocycles. The normalized spacial score (nSPS) is 10.7. The largest absolute Gasteiger partial charge is 0.545 e. The lowest BCUT2D eigenvalue weighted by atomic mass is 10.1. The summed E-state index contributed by atoms with van der Waals surface area (Å²) in [4.78, 5) is 10.7. The minimum atomic E-state index is -1.19. The minimum absolute atomic E-state index is 0.149. The zero-order valence-corrected chi connectivity index (χ0v) is 13.9. The Bertz CT molecular complexity index is 863. The molecule has 0 amide bonds. The van der Waals surface area contributed by atoms with E-state index in [1.54, 1.807) is 24.3 Å². The predicted octanol–water partition coefficient (Wildman–Crippen LogP) is 1.97. The fourth-order valence-corrected chi connectivity index (χ4v) is 2.99. The van der Waals surface area contributed by atoms with Crippen LogP contribution in [0.15, 0.2) is 53.7 Å². The number of hydrogen-bond acceptors (Lipinski definition) is 6. The second kappa shape index (κ2) is 6.94. The molecule has 24 heavy (non-hydrogen) atoms. The summed E-state index contributed by atoms with van der Waals surface area (Å²) >= 11 is 7.28. The van der Waals surface area contributed by atoms with Gasteiger partial charge in [0.15, 0.2) is 5.82 Å². The van der Waals surface area contributed by atoms with Crippen LogP contribution in [0.1, 0.15) is 15.9 Å². The molecule has 0 radical (unpaired) electrons. The molecule has 1 aromatic heterocycles. The van der Waals surface area contributed by atoms with Gasteiger partial charge >= 0.3 is 0 Å². The summed E-state index contributed by atoms with van der Waals surface area (Å²) in [6.07, 6.45) is 0. The first-order valence-corrected chi connectivity index (χ1v) is 8.30. The molecule has 0 aliphatic heterocycles. The Morgan fingerprint density at radius 3 is 2.42 bits per heavy atom. The molecule has 0 spiro atoms. The van der Waals surface area contributed by atoms with Crippen molar-refractivity contribution in [3.63, 3.8) is 0 Å². The van der Waals surface area contributed by atoms with Gasteiger partial charge in [-0.05, 0) is 35.4 Å². The van der Waals surface area contributed by atoms with Crippen molar-refractivity contribution in [2.75, 3.05) is 5.84 Å². The molecule has 3 rings (SSSR count). The van der Waals surface area contributed by atoms with Crippen molar-refractivity contribution in [1.82, 2.24) is 14.9 Å². The summed E-state index contributed by atoms with van der Waals surface area (Å²) in [7, 11) is 0. The number of rotatable bonds is 5. The van der Waals surface area contributed by atoms with E-state index in [1.165, 1.54) is 28.6 Å². The van der Waals surface area contributed by atoms with Gasteiger partial charge in [-0.15, -0.1) is 10.2 Å². The fourth-order valence-electron chi connectivity index (χ4n) is 2.06. The van der Waals surface area contributed by atoms with Crippen LogP contribution in [0.5, 0.6) is 0 Å². The molecular weight excluding hydrogens is 348 g/mol. The highest BCUT2D eigenvalue weighted by molar-refractivity contribution is 7.98. The van der Waals surface area contributed by atoms with Gasteiger partial charge in [-0.3, -0.25) is 0 Å². The maximum atomic E-state index is 10.7. The molecule has 1 heterocycles. The first-order chi connectivity index (χ1) is 11.5. The van der Waals surface area contributed by atoms with Gasteiger partial charge in [0.2, 0.25) is 5.16 Å². The van der Waals surface area contributed by atoms with Crippen molar-refractivity contribution in [1.29, 1.82) is 0 Å². The molecule has 0 bridgehead atoms. The Morgan fingerprint density at radius 1 is 1.12 bits per heavy atom. The third-order valence-electron chi connectivity index (χ3n) is 3.32. The molecule has 6 nitrogen and oxygen atoms in total. The molecule has 2 N–H and O–H groups in total. The van der Waals surface area contributed by atoms with Crippen LogP contribution in [0.3, 0.4) is 0 Å². The van der Waals surface area contributed by atoms with Gasteiger partial charge in [0, 0.05) is 16.3 Å². The van der Waals surface area contributed by atoms with Crippen LogP contribution in [0, 0.1) is 0 Å². The maximum Gasteiger partial charge on any atom is 0.210 e. The highest BCUT2D eigenvalue weighted by Crippen LogP contribution is 2.25. The minimum Gasteiger partial charge on any atom is -0.545 e. The van der Waals surface area contributed by atoms with Crippen LogP contribution < -0.4 is 10.9 Å². The topological polar surface area (TPSA) is 96.9 Å². The number of carbonyl (C=O) groups excluding carboxylic acids is 1. The smallest absolute Gasteiger partial charge is 0.210 e. The van der Waals surface area contributed by atoms with Crippen LogP contribution in [0.4, 0.5) is 0 Å². The summed E-state index contributed by atoms with van der Waals surface area (Å²) in [5.74, 6) is 5.99. The van der Waals surface area contributed by atoms with Gasteiger partial charge in [-0.1, -0.05) is 47.6 Å². The Balaban J connectivity index is 1.72. The number of aromatic nitrogens is 3. The third-order valence-corrected chi connectivity index (χ3v) is 4.59. The molecule has 0 atom stereocenters. The first-order valence-electron chi connectivity index (χ1n) is 6.94. The molecule has 0 aliphatic carbocycles. The molecule has 0 unspecified atom stereocenters. The summed E-state index contributed by atoms with van der Waals surface area (Å²) in [5.41, 5.74) is 1.91. The summed E-state index contributed by atoms with van der Waals surface area (Å²) in [6, 6.07) is 13.7. The SMILES string of the molecule is Nn1c(SCc2ccc(C(=O)[O-])cc2)nnc1-c1ccc(Cl)cc1. The molecule has 0 aliphatic rings. The van der Waals surface area contributed by atoms with Gasteiger partial charge < -0.3 is 15.7 Å². The zero-order valence-electron chi connectivity index (χ0n) is 12.3. The van der Waals surface area contributed by atoms with Crippen molar-refractivity contribution >= 4 is 29.3 Å². The lowest BCUT2D eigenvalue weighted by Crippen LogP contribution is -2.21. The average molecular weight is 360 g/mol.